The van der Waals surface area contributed by atoms with Crippen molar-refractivity contribution in [2.24, 2.45) is 0 Å². The SMILES string of the molecule is COc1ccccc1CNC(=O)C(=O)Nc1ccc(N2CCCS2(=O)=O)cc1. The van der Waals surface area contributed by atoms with Crippen LogP contribution in [-0.2, 0) is 26.2 Å². The maximum absolute atomic E-state index is 12.1. The van der Waals surface area contributed by atoms with Crippen molar-refractivity contribution < 1.29 is 22.7 Å². The van der Waals surface area contributed by atoms with Gasteiger partial charge in [-0.3, -0.25) is 13.9 Å². The summed E-state index contributed by atoms with van der Waals surface area (Å²) >= 11 is 0. The first-order valence-electron chi connectivity index (χ1n) is 8.72. The molecule has 3 rings (SSSR count). The molecule has 0 atom stereocenters. The average Bonchev–Trinajstić information content (AvgIpc) is 3.05. The van der Waals surface area contributed by atoms with Crippen LogP contribution in [-0.4, -0.2) is 39.6 Å². The van der Waals surface area contributed by atoms with Crippen molar-refractivity contribution >= 4 is 33.2 Å². The van der Waals surface area contributed by atoms with Gasteiger partial charge in [-0.1, -0.05) is 18.2 Å². The first kappa shape index (κ1) is 19.7. The lowest BCUT2D eigenvalue weighted by atomic mass is 10.2. The van der Waals surface area contributed by atoms with Gasteiger partial charge in [0.05, 0.1) is 18.6 Å². The molecule has 0 unspecified atom stereocenters. The highest BCUT2D eigenvalue weighted by Crippen LogP contribution is 2.25. The van der Waals surface area contributed by atoms with Crippen LogP contribution in [0.3, 0.4) is 0 Å². The Labute approximate surface area is 163 Å². The fourth-order valence-corrected chi connectivity index (χ4v) is 4.50. The molecule has 0 aromatic heterocycles. The van der Waals surface area contributed by atoms with Gasteiger partial charge in [0.15, 0.2) is 0 Å². The van der Waals surface area contributed by atoms with Gasteiger partial charge in [0.25, 0.3) is 0 Å². The third-order valence-corrected chi connectivity index (χ3v) is 6.22. The summed E-state index contributed by atoms with van der Waals surface area (Å²) in [5, 5.41) is 5.04. The highest BCUT2D eigenvalue weighted by molar-refractivity contribution is 7.93. The van der Waals surface area contributed by atoms with Crippen LogP contribution in [0.4, 0.5) is 11.4 Å². The van der Waals surface area contributed by atoms with Crippen molar-refractivity contribution in [3.05, 3.63) is 54.1 Å². The quantitative estimate of drug-likeness (QED) is 0.736. The fraction of sp³-hybridized carbons (Fsp3) is 0.263. The Kier molecular flexibility index (Phi) is 5.84. The van der Waals surface area contributed by atoms with Gasteiger partial charge in [0.1, 0.15) is 5.75 Å². The number of carbonyl (C=O) groups excluding carboxylic acids is 2. The van der Waals surface area contributed by atoms with Crippen LogP contribution in [0.15, 0.2) is 48.5 Å². The number of nitrogens with one attached hydrogen (secondary N) is 2. The maximum Gasteiger partial charge on any atom is 0.313 e. The molecule has 2 aromatic carbocycles. The third-order valence-electron chi connectivity index (χ3n) is 4.35. The first-order chi connectivity index (χ1) is 13.4. The van der Waals surface area contributed by atoms with E-state index in [4.69, 9.17) is 4.74 Å². The zero-order valence-electron chi connectivity index (χ0n) is 15.3. The van der Waals surface area contributed by atoms with Crippen molar-refractivity contribution in [3.63, 3.8) is 0 Å². The van der Waals surface area contributed by atoms with Crippen LogP contribution in [0.5, 0.6) is 5.75 Å². The van der Waals surface area contributed by atoms with E-state index in [0.29, 0.717) is 30.1 Å². The summed E-state index contributed by atoms with van der Waals surface area (Å²) < 4.78 is 30.4. The van der Waals surface area contributed by atoms with E-state index in [0.717, 1.165) is 5.56 Å². The minimum Gasteiger partial charge on any atom is -0.496 e. The Morgan fingerprint density at radius 3 is 2.43 bits per heavy atom. The molecule has 2 N–H and O–H groups in total. The summed E-state index contributed by atoms with van der Waals surface area (Å²) in [6.07, 6.45) is 0.590. The predicted molar refractivity (Wildman–Crippen MR) is 106 cm³/mol. The number of hydrogen-bond donors (Lipinski definition) is 2. The number of ether oxygens (including phenoxy) is 1. The lowest BCUT2D eigenvalue weighted by Crippen LogP contribution is -2.35. The number of benzene rings is 2. The van der Waals surface area contributed by atoms with Gasteiger partial charge in [-0.25, -0.2) is 8.42 Å². The molecule has 1 fully saturated rings. The number of nitrogens with zero attached hydrogens (tertiary/aromatic N) is 1. The molecule has 8 nitrogen and oxygen atoms in total. The summed E-state index contributed by atoms with van der Waals surface area (Å²) in [5.41, 5.74) is 1.69. The second-order valence-corrected chi connectivity index (χ2v) is 8.25. The topological polar surface area (TPSA) is 105 Å². The number of carbonyl (C=O) groups is 2. The Bertz CT molecular complexity index is 973. The van der Waals surface area contributed by atoms with E-state index in [1.807, 2.05) is 12.1 Å². The number of anilines is 2. The number of para-hydroxylation sites is 1. The Balaban J connectivity index is 1.57. The number of sulfonamides is 1. The molecular weight excluding hydrogens is 382 g/mol. The molecule has 148 valence electrons. The molecule has 1 saturated heterocycles. The van der Waals surface area contributed by atoms with Crippen LogP contribution < -0.4 is 19.7 Å². The molecule has 1 aliphatic rings. The van der Waals surface area contributed by atoms with Gasteiger partial charge < -0.3 is 15.4 Å². The number of rotatable bonds is 5. The number of amides is 2. The van der Waals surface area contributed by atoms with Gasteiger partial charge in [0.2, 0.25) is 10.0 Å². The number of hydrogen-bond acceptors (Lipinski definition) is 5. The van der Waals surface area contributed by atoms with E-state index >= 15 is 0 Å². The zero-order chi connectivity index (χ0) is 20.1. The van der Waals surface area contributed by atoms with Crippen molar-refractivity contribution in [3.8, 4) is 5.75 Å². The minimum atomic E-state index is -3.26. The van der Waals surface area contributed by atoms with Gasteiger partial charge in [-0.15, -0.1) is 0 Å². The van der Waals surface area contributed by atoms with Crippen LogP contribution in [0.25, 0.3) is 0 Å². The largest absolute Gasteiger partial charge is 0.496 e. The summed E-state index contributed by atoms with van der Waals surface area (Å²) in [4.78, 5) is 24.1. The number of methoxy groups -OCH3 is 1. The van der Waals surface area contributed by atoms with Crippen molar-refractivity contribution in [1.29, 1.82) is 0 Å². The summed E-state index contributed by atoms with van der Waals surface area (Å²) in [6, 6.07) is 13.5. The zero-order valence-corrected chi connectivity index (χ0v) is 16.2. The molecule has 28 heavy (non-hydrogen) atoms. The summed E-state index contributed by atoms with van der Waals surface area (Å²) in [7, 11) is -1.73. The molecule has 0 aliphatic carbocycles. The molecule has 2 aromatic rings. The van der Waals surface area contributed by atoms with Crippen LogP contribution in [0.1, 0.15) is 12.0 Å². The molecule has 0 saturated carbocycles. The smallest absolute Gasteiger partial charge is 0.313 e. The van der Waals surface area contributed by atoms with Crippen LogP contribution >= 0.6 is 0 Å². The fourth-order valence-electron chi connectivity index (χ4n) is 2.93. The average molecular weight is 403 g/mol. The van der Waals surface area contributed by atoms with Gasteiger partial charge in [-0.05, 0) is 36.8 Å². The molecule has 0 bridgehead atoms. The molecule has 9 heteroatoms. The minimum absolute atomic E-state index is 0.137. The Hall–Kier alpha value is -3.07. The van der Waals surface area contributed by atoms with E-state index < -0.39 is 21.8 Å². The molecular formula is C19H21N3O5S. The molecule has 1 aliphatic heterocycles. The Morgan fingerprint density at radius 2 is 1.79 bits per heavy atom. The van der Waals surface area contributed by atoms with E-state index in [1.165, 1.54) is 11.4 Å². The second kappa shape index (κ2) is 8.30. The van der Waals surface area contributed by atoms with E-state index in [9.17, 15) is 18.0 Å². The highest BCUT2D eigenvalue weighted by atomic mass is 32.2. The maximum atomic E-state index is 12.1. The molecule has 2 amide bonds. The van der Waals surface area contributed by atoms with Crippen LogP contribution in [0.2, 0.25) is 0 Å². The van der Waals surface area contributed by atoms with E-state index in [-0.39, 0.29) is 12.3 Å². The monoisotopic (exact) mass is 403 g/mol. The lowest BCUT2D eigenvalue weighted by Gasteiger charge is -2.17. The van der Waals surface area contributed by atoms with Crippen molar-refractivity contribution in [1.82, 2.24) is 5.32 Å². The Morgan fingerprint density at radius 1 is 1.07 bits per heavy atom. The normalized spacial score (nSPS) is 15.1. The van der Waals surface area contributed by atoms with Gasteiger partial charge in [-0.2, -0.15) is 0 Å². The lowest BCUT2D eigenvalue weighted by molar-refractivity contribution is -0.136. The third kappa shape index (κ3) is 4.42. The van der Waals surface area contributed by atoms with Crippen LogP contribution in [0, 0.1) is 0 Å². The standard InChI is InChI=1S/C19H21N3O5S/c1-27-17-6-3-2-5-14(17)13-20-18(23)19(24)21-15-7-9-16(10-8-15)22-11-4-12-28(22,25)26/h2-3,5-10H,4,11-13H2,1H3,(H,20,23)(H,21,24). The molecule has 0 radical (unpaired) electrons. The van der Waals surface area contributed by atoms with Crippen molar-refractivity contribution in [2.75, 3.05) is 29.0 Å². The van der Waals surface area contributed by atoms with Gasteiger partial charge >= 0.3 is 11.8 Å². The van der Waals surface area contributed by atoms with E-state index in [2.05, 4.69) is 10.6 Å². The molecule has 1 heterocycles. The summed E-state index contributed by atoms with van der Waals surface area (Å²) in [6.45, 7) is 0.599. The van der Waals surface area contributed by atoms with Crippen molar-refractivity contribution in [2.45, 2.75) is 13.0 Å². The predicted octanol–water partition coefficient (Wildman–Crippen LogP) is 1.49. The van der Waals surface area contributed by atoms with Gasteiger partial charge in [0, 0.05) is 24.3 Å². The van der Waals surface area contributed by atoms with E-state index in [1.54, 1.807) is 36.4 Å². The summed E-state index contributed by atoms with van der Waals surface area (Å²) in [5.74, 6) is -0.832. The second-order valence-electron chi connectivity index (χ2n) is 6.24. The highest BCUT2D eigenvalue weighted by Gasteiger charge is 2.28. The first-order valence-corrected chi connectivity index (χ1v) is 10.3. The molecule has 0 spiro atoms.